The maximum absolute atomic E-state index is 13.8. The number of unbranched alkanes of at least 4 members (excludes halogenated alkanes) is 2. The summed E-state index contributed by atoms with van der Waals surface area (Å²) in [6, 6.07) is 13.1. The van der Waals surface area contributed by atoms with E-state index in [0.29, 0.717) is 43.2 Å². The number of nitrogens with two attached hydrogens (primary N) is 2. The van der Waals surface area contributed by atoms with E-state index in [1.807, 2.05) is 19.1 Å². The number of ketones is 3. The molecule has 6 rings (SSSR count). The Bertz CT molecular complexity index is 1940. The Morgan fingerprint density at radius 3 is 2.06 bits per heavy atom. The first-order valence-electron chi connectivity index (χ1n) is 23.2. The third-order valence-electron chi connectivity index (χ3n) is 14.3. The fraction of sp³-hybridized carbons (Fsp3) is 0.633. The van der Waals surface area contributed by atoms with Gasteiger partial charge in [-0.1, -0.05) is 96.0 Å². The minimum Gasteiger partial charge on any atom is -0.405 e. The summed E-state index contributed by atoms with van der Waals surface area (Å²) in [6.45, 7) is 13.9. The Morgan fingerprint density at radius 2 is 1.48 bits per heavy atom. The molecule has 4 aliphatic rings. The van der Waals surface area contributed by atoms with Crippen molar-refractivity contribution in [3.8, 4) is 11.1 Å². The van der Waals surface area contributed by atoms with Gasteiger partial charge >= 0.3 is 7.12 Å². The number of aryl methyl sites for hydroxylation is 1. The number of nitrogens with one attached hydrogen (secondary N) is 2. The van der Waals surface area contributed by atoms with Gasteiger partial charge in [-0.15, -0.1) is 0 Å². The lowest BCUT2D eigenvalue weighted by Gasteiger charge is -2.64. The Labute approximate surface area is 374 Å². The van der Waals surface area contributed by atoms with E-state index in [-0.39, 0.29) is 42.4 Å². The lowest BCUT2D eigenvalue weighted by Crippen LogP contribution is -2.65. The molecule has 0 aromatic heterocycles. The fourth-order valence-electron chi connectivity index (χ4n) is 10.0. The van der Waals surface area contributed by atoms with E-state index in [2.05, 4.69) is 62.6 Å². The number of primary amides is 1. The number of Topliss-reactive ketones (excluding diaryl/α,β-unsaturated/α-hetero) is 3. The number of carbonyl (C=O) groups is 6. The van der Waals surface area contributed by atoms with Crippen molar-refractivity contribution in [3.05, 3.63) is 59.7 Å². The summed E-state index contributed by atoms with van der Waals surface area (Å²) in [5.74, 6) is -4.55. The van der Waals surface area contributed by atoms with Crippen LogP contribution in [0.1, 0.15) is 135 Å². The second-order valence-electron chi connectivity index (χ2n) is 19.5. The average Bonchev–Trinajstić information content (AvgIpc) is 3.61. The van der Waals surface area contributed by atoms with Gasteiger partial charge in [0.2, 0.25) is 17.7 Å². The normalized spacial score (nSPS) is 23.8. The molecule has 1 heterocycles. The second-order valence-corrected chi connectivity index (χ2v) is 19.5. The fourth-order valence-corrected chi connectivity index (χ4v) is 10.0. The molecule has 13 nitrogen and oxygen atoms in total. The largest absolute Gasteiger partial charge is 0.461 e. The first kappa shape index (κ1) is 49.8. The number of carbonyl (C=O) groups excluding carboxylic acids is 6. The Morgan fingerprint density at radius 1 is 0.825 bits per heavy atom. The SMILES string of the molecule is CCCCc1ccc(-c2ccc(C(=O)C[C@@H](CCCCN)C(=O)N[C@H](C(=O)C[C@@H](C)C(=O)N[C@@H](CC(N)=O)C(=O)C[C@@H](C)B3OC4C[C@@H]5C[C@@H](C5(C)C)[C@]4(C)O3)C(C)O)cc2)cc1. The van der Waals surface area contributed by atoms with Crippen molar-refractivity contribution in [3.63, 3.8) is 0 Å². The molecule has 2 aromatic rings. The van der Waals surface area contributed by atoms with Crippen molar-refractivity contribution in [2.45, 2.75) is 161 Å². The van der Waals surface area contributed by atoms with Crippen LogP contribution < -0.4 is 22.1 Å². The van der Waals surface area contributed by atoms with Crippen molar-refractivity contribution >= 4 is 42.2 Å². The third kappa shape index (κ3) is 12.1. The highest BCUT2D eigenvalue weighted by molar-refractivity contribution is 6.47. The van der Waals surface area contributed by atoms with E-state index in [4.69, 9.17) is 20.8 Å². The maximum Gasteiger partial charge on any atom is 0.461 e. The van der Waals surface area contributed by atoms with Crippen LogP contribution in [0.5, 0.6) is 0 Å². The van der Waals surface area contributed by atoms with E-state index >= 15 is 0 Å². The molecule has 3 saturated carbocycles. The van der Waals surface area contributed by atoms with Crippen LogP contribution in [0.3, 0.4) is 0 Å². The van der Waals surface area contributed by atoms with Gasteiger partial charge in [0.25, 0.3) is 0 Å². The number of hydrogen-bond donors (Lipinski definition) is 5. The van der Waals surface area contributed by atoms with E-state index in [0.717, 1.165) is 43.2 Å². The lowest BCUT2D eigenvalue weighted by molar-refractivity contribution is -0.199. The third-order valence-corrected chi connectivity index (χ3v) is 14.3. The molecule has 7 N–H and O–H groups in total. The van der Waals surface area contributed by atoms with Crippen molar-refractivity contribution in [2.75, 3.05) is 6.54 Å². The zero-order chi connectivity index (χ0) is 46.2. The van der Waals surface area contributed by atoms with Crippen molar-refractivity contribution in [1.29, 1.82) is 0 Å². The molecule has 0 spiro atoms. The van der Waals surface area contributed by atoms with Gasteiger partial charge in [-0.25, -0.2) is 0 Å². The number of benzene rings is 2. The van der Waals surface area contributed by atoms with Gasteiger partial charge in [-0.3, -0.25) is 28.8 Å². The van der Waals surface area contributed by atoms with E-state index in [1.54, 1.807) is 12.1 Å². The van der Waals surface area contributed by atoms with Crippen LogP contribution in [0.2, 0.25) is 5.82 Å². The van der Waals surface area contributed by atoms with Crippen LogP contribution in [0.15, 0.2) is 48.5 Å². The summed E-state index contributed by atoms with van der Waals surface area (Å²) < 4.78 is 12.9. The number of aliphatic hydroxyl groups is 1. The molecule has 3 aliphatic carbocycles. The Hall–Kier alpha value is -4.24. The Balaban J connectivity index is 1.16. The first-order chi connectivity index (χ1) is 29.8. The van der Waals surface area contributed by atoms with Crippen LogP contribution in [0.25, 0.3) is 11.1 Å². The van der Waals surface area contributed by atoms with Crippen molar-refractivity contribution in [2.24, 2.45) is 40.6 Å². The molecule has 10 atom stereocenters. The molecule has 2 aromatic carbocycles. The summed E-state index contributed by atoms with van der Waals surface area (Å²) in [5, 5.41) is 16.0. The Kier molecular flexibility index (Phi) is 17.1. The molecule has 2 unspecified atom stereocenters. The van der Waals surface area contributed by atoms with Gasteiger partial charge in [0.15, 0.2) is 17.3 Å². The van der Waals surface area contributed by atoms with Gasteiger partial charge in [0.05, 0.1) is 30.3 Å². The minimum absolute atomic E-state index is 0.0411. The summed E-state index contributed by atoms with van der Waals surface area (Å²) in [5.41, 5.74) is 14.7. The second kappa shape index (κ2) is 21.6. The summed E-state index contributed by atoms with van der Waals surface area (Å²) in [6.07, 6.45) is 4.46. The maximum atomic E-state index is 13.8. The predicted octanol–water partition coefficient (Wildman–Crippen LogP) is 5.91. The number of rotatable bonds is 25. The predicted molar refractivity (Wildman–Crippen MR) is 243 cm³/mol. The van der Waals surface area contributed by atoms with Crippen LogP contribution in [0.4, 0.5) is 0 Å². The summed E-state index contributed by atoms with van der Waals surface area (Å²) in [4.78, 5) is 80.2. The van der Waals surface area contributed by atoms with Crippen LogP contribution in [0, 0.1) is 29.1 Å². The standard InChI is InChI=1S/C49H71BN4O9/c1-8-9-12-32-14-16-33(17-15-32)34-18-20-35(21-19-34)39(56)25-36(13-10-11-22-51)47(61)54-45(31(4)55)41(58)23-29(2)46(60)53-38(28-44(52)59)40(57)24-30(3)50-62-43-27-37-26-42(48(37,5)6)49(43,7)63-50/h14-21,29-31,36-38,42-43,45,55H,8-13,22-28,51H2,1-7H3,(H2,52,59)(H,53,60)(H,54,61)/t29-,30-,31?,36-,37+,38+,42+,43?,45+,49+/m1/s1. The molecule has 344 valence electrons. The zero-order valence-electron chi connectivity index (χ0n) is 38.5. The smallest absolute Gasteiger partial charge is 0.405 e. The topological polar surface area (TPSA) is 217 Å². The molecular formula is C49H71BN4O9. The van der Waals surface area contributed by atoms with E-state index < -0.39 is 78.5 Å². The molecule has 63 heavy (non-hydrogen) atoms. The average molecular weight is 871 g/mol. The molecule has 3 amide bonds. The highest BCUT2D eigenvalue weighted by Crippen LogP contribution is 2.66. The molecule has 1 saturated heterocycles. The van der Waals surface area contributed by atoms with E-state index in [9.17, 15) is 33.9 Å². The molecular weight excluding hydrogens is 799 g/mol. The van der Waals surface area contributed by atoms with Crippen LogP contribution in [-0.4, -0.2) is 83.7 Å². The van der Waals surface area contributed by atoms with Gasteiger partial charge in [-0.2, -0.15) is 0 Å². The molecule has 4 fully saturated rings. The summed E-state index contributed by atoms with van der Waals surface area (Å²) >= 11 is 0. The number of amides is 3. The van der Waals surface area contributed by atoms with Crippen LogP contribution >= 0.6 is 0 Å². The molecule has 2 bridgehead atoms. The van der Waals surface area contributed by atoms with Crippen LogP contribution in [-0.2, 0) is 39.7 Å². The van der Waals surface area contributed by atoms with Gasteiger partial charge in [-0.05, 0) is 98.7 Å². The summed E-state index contributed by atoms with van der Waals surface area (Å²) in [7, 11) is -0.623. The van der Waals surface area contributed by atoms with Gasteiger partial charge < -0.3 is 36.5 Å². The van der Waals surface area contributed by atoms with E-state index in [1.165, 1.54) is 19.4 Å². The molecule has 14 heteroatoms. The quantitative estimate of drug-likeness (QED) is 0.0451. The zero-order valence-corrected chi connectivity index (χ0v) is 38.5. The van der Waals surface area contributed by atoms with Gasteiger partial charge in [0.1, 0.15) is 6.04 Å². The van der Waals surface area contributed by atoms with Crippen molar-refractivity contribution in [1.82, 2.24) is 10.6 Å². The highest BCUT2D eigenvalue weighted by Gasteiger charge is 2.68. The number of hydrogen-bond acceptors (Lipinski definition) is 10. The molecule has 0 radical (unpaired) electrons. The lowest BCUT2D eigenvalue weighted by atomic mass is 9.43. The first-order valence-corrected chi connectivity index (χ1v) is 23.2. The van der Waals surface area contributed by atoms with Gasteiger partial charge in [0, 0.05) is 36.7 Å². The highest BCUT2D eigenvalue weighted by atomic mass is 16.7. The minimum atomic E-state index is -1.37. The number of aliphatic hydroxyl groups excluding tert-OH is 1. The monoisotopic (exact) mass is 871 g/mol. The molecule has 1 aliphatic heterocycles. The van der Waals surface area contributed by atoms with Crippen molar-refractivity contribution < 1.29 is 43.2 Å².